The molecule has 0 amide bonds. The van der Waals surface area contributed by atoms with Crippen LogP contribution in [0.25, 0.3) is 0 Å². The van der Waals surface area contributed by atoms with Crippen molar-refractivity contribution in [1.29, 1.82) is 0 Å². The number of halogens is 2. The van der Waals surface area contributed by atoms with Gasteiger partial charge in [0.25, 0.3) is 6.43 Å². The van der Waals surface area contributed by atoms with Gasteiger partial charge in [-0.05, 0) is 12.8 Å². The van der Waals surface area contributed by atoms with Crippen LogP contribution in [-0.2, 0) is 0 Å². The highest BCUT2D eigenvalue weighted by molar-refractivity contribution is 5.11. The SMILES string of the molecule is CCCCCC/C(=C\CN)C(N)C(F)F. The molecule has 90 valence electrons. The lowest BCUT2D eigenvalue weighted by Gasteiger charge is -2.15. The molecule has 0 bridgehead atoms. The Balaban J connectivity index is 4.00. The summed E-state index contributed by atoms with van der Waals surface area (Å²) in [7, 11) is 0. The molecule has 0 aliphatic rings. The van der Waals surface area contributed by atoms with Crippen LogP contribution in [0.3, 0.4) is 0 Å². The normalized spacial score (nSPS) is 14.7. The lowest BCUT2D eigenvalue weighted by Crippen LogP contribution is -2.31. The molecule has 4 N–H and O–H groups in total. The van der Waals surface area contributed by atoms with Gasteiger partial charge in [-0.3, -0.25) is 0 Å². The first-order valence-electron chi connectivity index (χ1n) is 5.56. The molecule has 0 aromatic carbocycles. The zero-order valence-electron chi connectivity index (χ0n) is 9.39. The van der Waals surface area contributed by atoms with E-state index in [9.17, 15) is 8.78 Å². The summed E-state index contributed by atoms with van der Waals surface area (Å²) in [5, 5.41) is 0. The summed E-state index contributed by atoms with van der Waals surface area (Å²) in [4.78, 5) is 0. The van der Waals surface area contributed by atoms with Gasteiger partial charge in [0.2, 0.25) is 0 Å². The van der Waals surface area contributed by atoms with Crippen molar-refractivity contribution in [2.24, 2.45) is 11.5 Å². The van der Waals surface area contributed by atoms with Gasteiger partial charge in [0.15, 0.2) is 0 Å². The zero-order valence-corrected chi connectivity index (χ0v) is 9.39. The molecule has 0 aromatic rings. The standard InChI is InChI=1S/C11H22F2N2/c1-2-3-4-5-6-9(7-8-14)10(15)11(12)13/h7,10-11H,2-6,8,14-15H2,1H3/b9-7+. The molecule has 1 unspecified atom stereocenters. The summed E-state index contributed by atoms with van der Waals surface area (Å²) in [6.45, 7) is 2.39. The van der Waals surface area contributed by atoms with Crippen molar-refractivity contribution in [3.63, 3.8) is 0 Å². The highest BCUT2D eigenvalue weighted by Gasteiger charge is 2.18. The summed E-state index contributed by atoms with van der Waals surface area (Å²) < 4.78 is 24.7. The van der Waals surface area contributed by atoms with Gasteiger partial charge in [-0.1, -0.05) is 37.8 Å². The number of hydrogen-bond acceptors (Lipinski definition) is 2. The first-order valence-corrected chi connectivity index (χ1v) is 5.56. The Kier molecular flexibility index (Phi) is 8.52. The number of rotatable bonds is 8. The molecule has 15 heavy (non-hydrogen) atoms. The van der Waals surface area contributed by atoms with Crippen LogP contribution >= 0.6 is 0 Å². The van der Waals surface area contributed by atoms with Crippen molar-refractivity contribution in [3.05, 3.63) is 11.6 Å². The Morgan fingerprint density at radius 3 is 2.40 bits per heavy atom. The molecule has 0 aliphatic heterocycles. The van der Waals surface area contributed by atoms with E-state index >= 15 is 0 Å². The van der Waals surface area contributed by atoms with Crippen LogP contribution in [0.1, 0.15) is 39.0 Å². The van der Waals surface area contributed by atoms with Crippen molar-refractivity contribution in [2.75, 3.05) is 6.54 Å². The van der Waals surface area contributed by atoms with Crippen molar-refractivity contribution in [2.45, 2.75) is 51.5 Å². The predicted molar refractivity (Wildman–Crippen MR) is 59.9 cm³/mol. The summed E-state index contributed by atoms with van der Waals surface area (Å²) in [5.74, 6) is 0. The van der Waals surface area contributed by atoms with Crippen LogP contribution in [0, 0.1) is 0 Å². The Bertz CT molecular complexity index is 181. The maximum Gasteiger partial charge on any atom is 0.257 e. The predicted octanol–water partition coefficient (Wildman–Crippen LogP) is 2.43. The molecule has 0 spiro atoms. The van der Waals surface area contributed by atoms with Crippen LogP contribution < -0.4 is 11.5 Å². The second kappa shape index (κ2) is 8.80. The molecule has 0 radical (unpaired) electrons. The van der Waals surface area contributed by atoms with E-state index in [0.717, 1.165) is 25.7 Å². The third-order valence-corrected chi connectivity index (χ3v) is 2.40. The van der Waals surface area contributed by atoms with Crippen molar-refractivity contribution in [3.8, 4) is 0 Å². The van der Waals surface area contributed by atoms with Crippen LogP contribution in [0.4, 0.5) is 8.78 Å². The first kappa shape index (κ1) is 14.5. The molecule has 0 rings (SSSR count). The third-order valence-electron chi connectivity index (χ3n) is 2.40. The molecule has 2 nitrogen and oxygen atoms in total. The molecule has 0 fully saturated rings. The van der Waals surface area contributed by atoms with Gasteiger partial charge in [0.05, 0.1) is 6.04 Å². The largest absolute Gasteiger partial charge is 0.327 e. The Hall–Kier alpha value is -0.480. The molecule has 0 heterocycles. The molecule has 0 aromatic heterocycles. The van der Waals surface area contributed by atoms with Gasteiger partial charge in [0.1, 0.15) is 0 Å². The molecular weight excluding hydrogens is 198 g/mol. The van der Waals surface area contributed by atoms with Crippen LogP contribution in [0.5, 0.6) is 0 Å². The Morgan fingerprint density at radius 2 is 1.93 bits per heavy atom. The summed E-state index contributed by atoms with van der Waals surface area (Å²) in [6.07, 6.45) is 4.03. The number of alkyl halides is 2. The van der Waals surface area contributed by atoms with E-state index in [4.69, 9.17) is 11.5 Å². The fourth-order valence-corrected chi connectivity index (χ4v) is 1.47. The van der Waals surface area contributed by atoms with E-state index in [1.165, 1.54) is 0 Å². The van der Waals surface area contributed by atoms with Gasteiger partial charge >= 0.3 is 0 Å². The summed E-state index contributed by atoms with van der Waals surface area (Å²) >= 11 is 0. The minimum absolute atomic E-state index is 0.281. The van der Waals surface area contributed by atoms with E-state index in [0.29, 0.717) is 12.0 Å². The topological polar surface area (TPSA) is 52.0 Å². The van der Waals surface area contributed by atoms with E-state index in [2.05, 4.69) is 6.92 Å². The van der Waals surface area contributed by atoms with Gasteiger partial charge in [-0.2, -0.15) is 0 Å². The molecule has 1 atom stereocenters. The number of hydrogen-bond donors (Lipinski definition) is 2. The fourth-order valence-electron chi connectivity index (χ4n) is 1.47. The van der Waals surface area contributed by atoms with E-state index in [1.807, 2.05) is 0 Å². The van der Waals surface area contributed by atoms with E-state index < -0.39 is 12.5 Å². The van der Waals surface area contributed by atoms with Gasteiger partial charge < -0.3 is 11.5 Å². The second-order valence-electron chi connectivity index (χ2n) is 3.69. The maximum absolute atomic E-state index is 12.4. The van der Waals surface area contributed by atoms with E-state index in [-0.39, 0.29) is 6.54 Å². The highest BCUT2D eigenvalue weighted by atomic mass is 19.3. The minimum atomic E-state index is -2.49. The third kappa shape index (κ3) is 6.57. The average molecular weight is 220 g/mol. The molecule has 4 heteroatoms. The molecule has 0 saturated heterocycles. The van der Waals surface area contributed by atoms with Crippen molar-refractivity contribution in [1.82, 2.24) is 0 Å². The van der Waals surface area contributed by atoms with Gasteiger partial charge in [-0.15, -0.1) is 0 Å². The first-order chi connectivity index (χ1) is 7.13. The zero-order chi connectivity index (χ0) is 11.7. The summed E-state index contributed by atoms with van der Waals surface area (Å²) in [6, 6.07) is -1.14. The Morgan fingerprint density at radius 1 is 1.27 bits per heavy atom. The maximum atomic E-state index is 12.4. The van der Waals surface area contributed by atoms with Gasteiger partial charge in [0, 0.05) is 6.54 Å². The fraction of sp³-hybridized carbons (Fsp3) is 0.818. The van der Waals surface area contributed by atoms with E-state index in [1.54, 1.807) is 6.08 Å². The Labute approximate surface area is 90.7 Å². The average Bonchev–Trinajstić information content (AvgIpc) is 2.21. The lowest BCUT2D eigenvalue weighted by atomic mass is 10.00. The number of nitrogens with two attached hydrogens (primary N) is 2. The smallest absolute Gasteiger partial charge is 0.257 e. The monoisotopic (exact) mass is 220 g/mol. The second-order valence-corrected chi connectivity index (χ2v) is 3.69. The lowest BCUT2D eigenvalue weighted by molar-refractivity contribution is 0.127. The quantitative estimate of drug-likeness (QED) is 0.487. The minimum Gasteiger partial charge on any atom is -0.327 e. The van der Waals surface area contributed by atoms with Crippen LogP contribution in [-0.4, -0.2) is 19.0 Å². The highest BCUT2D eigenvalue weighted by Crippen LogP contribution is 2.16. The molecular formula is C11H22F2N2. The molecule has 0 saturated carbocycles. The van der Waals surface area contributed by atoms with Crippen molar-refractivity contribution < 1.29 is 8.78 Å². The van der Waals surface area contributed by atoms with Crippen LogP contribution in [0.15, 0.2) is 11.6 Å². The van der Waals surface area contributed by atoms with Crippen molar-refractivity contribution >= 4 is 0 Å². The molecule has 0 aliphatic carbocycles. The van der Waals surface area contributed by atoms with Crippen LogP contribution in [0.2, 0.25) is 0 Å². The summed E-state index contributed by atoms with van der Waals surface area (Å²) in [5.41, 5.74) is 11.3. The number of unbranched alkanes of at least 4 members (excludes halogenated alkanes) is 3. The van der Waals surface area contributed by atoms with Gasteiger partial charge in [-0.25, -0.2) is 8.78 Å².